The molecule has 2 heterocycles. The molecule has 22 heavy (non-hydrogen) atoms. The van der Waals surface area contributed by atoms with Gasteiger partial charge >= 0.3 is 0 Å². The van der Waals surface area contributed by atoms with Crippen LogP contribution in [0, 0.1) is 0 Å². The van der Waals surface area contributed by atoms with E-state index in [1.165, 1.54) is 43.4 Å². The Labute approximate surface area is 133 Å². The molecule has 4 heteroatoms. The minimum Gasteiger partial charge on any atom is -0.315 e. The molecule has 0 aromatic carbocycles. The number of nitrogens with zero attached hydrogens (tertiary/aromatic N) is 2. The van der Waals surface area contributed by atoms with Gasteiger partial charge in [0, 0.05) is 43.4 Å². The van der Waals surface area contributed by atoms with E-state index in [9.17, 15) is 4.79 Å². The zero-order chi connectivity index (χ0) is 15.5. The number of hydrogen-bond donors (Lipinski definition) is 1. The van der Waals surface area contributed by atoms with E-state index in [4.69, 9.17) is 0 Å². The second kappa shape index (κ2) is 6.97. The number of likely N-dealkylation sites (N-methyl/N-ethyl adjacent to an activating group) is 1. The molecule has 122 valence electrons. The van der Waals surface area contributed by atoms with Gasteiger partial charge in [-0.05, 0) is 38.1 Å². The van der Waals surface area contributed by atoms with E-state index >= 15 is 0 Å². The van der Waals surface area contributed by atoms with Crippen LogP contribution >= 0.6 is 0 Å². The van der Waals surface area contributed by atoms with Gasteiger partial charge in [0.2, 0.25) is 0 Å². The van der Waals surface area contributed by atoms with Crippen molar-refractivity contribution in [3.8, 4) is 0 Å². The van der Waals surface area contributed by atoms with Gasteiger partial charge in [0.1, 0.15) is 0 Å². The van der Waals surface area contributed by atoms with Crippen molar-refractivity contribution in [2.75, 3.05) is 20.1 Å². The molecule has 1 N–H and O–H groups in total. The zero-order valence-electron chi connectivity index (χ0n) is 14.0. The van der Waals surface area contributed by atoms with Crippen molar-refractivity contribution in [3.63, 3.8) is 0 Å². The second-order valence-corrected chi connectivity index (χ2v) is 6.76. The molecular weight excluding hydrogens is 274 g/mol. The topological polar surface area (TPSA) is 37.3 Å². The molecule has 1 aliphatic heterocycles. The lowest BCUT2D eigenvalue weighted by atomic mass is 9.93. The maximum Gasteiger partial charge on any atom is 0.255 e. The van der Waals surface area contributed by atoms with Crippen LogP contribution < -0.4 is 10.9 Å². The third kappa shape index (κ3) is 2.99. The first-order chi connectivity index (χ1) is 10.7. The van der Waals surface area contributed by atoms with Crippen LogP contribution in [0.15, 0.2) is 10.9 Å². The summed E-state index contributed by atoms with van der Waals surface area (Å²) in [7, 11) is 1.92. The normalized spacial score (nSPS) is 20.1. The van der Waals surface area contributed by atoms with E-state index in [0.29, 0.717) is 12.6 Å². The van der Waals surface area contributed by atoms with Gasteiger partial charge in [-0.2, -0.15) is 0 Å². The largest absolute Gasteiger partial charge is 0.315 e. The second-order valence-electron chi connectivity index (χ2n) is 6.76. The van der Waals surface area contributed by atoms with Gasteiger partial charge in [0.05, 0.1) is 0 Å². The van der Waals surface area contributed by atoms with Crippen LogP contribution in [0.1, 0.15) is 61.9 Å². The lowest BCUT2D eigenvalue weighted by Gasteiger charge is -2.34. The number of aromatic nitrogens is 1. The summed E-state index contributed by atoms with van der Waals surface area (Å²) < 4.78 is 2.19. The molecule has 1 aliphatic carbocycles. The van der Waals surface area contributed by atoms with E-state index in [-0.39, 0.29) is 5.56 Å². The molecule has 0 spiro atoms. The summed E-state index contributed by atoms with van der Waals surface area (Å²) in [5, 5.41) is 3.16. The van der Waals surface area contributed by atoms with Gasteiger partial charge in [-0.3, -0.25) is 9.69 Å². The van der Waals surface area contributed by atoms with E-state index in [0.717, 1.165) is 31.6 Å². The van der Waals surface area contributed by atoms with Crippen LogP contribution in [0.25, 0.3) is 0 Å². The fourth-order valence-electron chi connectivity index (χ4n) is 4.10. The Morgan fingerprint density at radius 2 is 2.05 bits per heavy atom. The van der Waals surface area contributed by atoms with Crippen LogP contribution in [0.2, 0.25) is 0 Å². The average molecular weight is 303 g/mol. The first-order valence-corrected chi connectivity index (χ1v) is 8.87. The Morgan fingerprint density at radius 1 is 1.27 bits per heavy atom. The van der Waals surface area contributed by atoms with Crippen LogP contribution in [-0.4, -0.2) is 29.6 Å². The van der Waals surface area contributed by atoms with Gasteiger partial charge in [0.25, 0.3) is 5.56 Å². The number of fused-ring (bicyclic) bond motifs is 1. The highest BCUT2D eigenvalue weighted by molar-refractivity contribution is 5.29. The highest BCUT2D eigenvalue weighted by atomic mass is 16.1. The van der Waals surface area contributed by atoms with Gasteiger partial charge in [0.15, 0.2) is 0 Å². The Morgan fingerprint density at radius 3 is 2.73 bits per heavy atom. The van der Waals surface area contributed by atoms with Gasteiger partial charge in [-0.25, -0.2) is 0 Å². The summed E-state index contributed by atoms with van der Waals surface area (Å²) in [6.45, 7) is 6.06. The average Bonchev–Trinajstić information content (AvgIpc) is 2.56. The highest BCUT2D eigenvalue weighted by Crippen LogP contribution is 2.30. The van der Waals surface area contributed by atoms with E-state index < -0.39 is 0 Å². The number of pyridine rings is 1. The summed E-state index contributed by atoms with van der Waals surface area (Å²) in [5.41, 5.74) is 3.89. The summed E-state index contributed by atoms with van der Waals surface area (Å²) >= 11 is 0. The van der Waals surface area contributed by atoms with E-state index in [2.05, 4.69) is 27.8 Å². The Balaban J connectivity index is 2.05. The molecule has 2 aliphatic rings. The van der Waals surface area contributed by atoms with E-state index in [1.807, 2.05) is 7.05 Å². The predicted molar refractivity (Wildman–Crippen MR) is 90.2 cm³/mol. The highest BCUT2D eigenvalue weighted by Gasteiger charge is 2.25. The molecule has 0 unspecified atom stereocenters. The Bertz CT molecular complexity index is 572. The third-order valence-electron chi connectivity index (χ3n) is 5.32. The summed E-state index contributed by atoms with van der Waals surface area (Å²) in [6, 6.07) is 2.59. The molecule has 1 aromatic heterocycles. The van der Waals surface area contributed by atoms with Crippen LogP contribution in [0.3, 0.4) is 0 Å². The minimum atomic E-state index is 0.255. The molecule has 0 atom stereocenters. The molecule has 0 amide bonds. The quantitative estimate of drug-likeness (QED) is 0.928. The first kappa shape index (κ1) is 15.8. The predicted octanol–water partition coefficient (Wildman–Crippen LogP) is 2.45. The van der Waals surface area contributed by atoms with Crippen molar-refractivity contribution < 1.29 is 0 Å². The van der Waals surface area contributed by atoms with Crippen LogP contribution in [-0.2, 0) is 19.5 Å². The van der Waals surface area contributed by atoms with Crippen molar-refractivity contribution in [2.24, 2.45) is 0 Å². The maximum atomic E-state index is 13.0. The van der Waals surface area contributed by atoms with Crippen molar-refractivity contribution >= 4 is 0 Å². The van der Waals surface area contributed by atoms with Crippen molar-refractivity contribution in [2.45, 2.75) is 64.6 Å². The third-order valence-corrected chi connectivity index (χ3v) is 5.32. The Hall–Kier alpha value is -1.13. The standard InChI is InChI=1S/C18H29N3O/c1-3-20-10-9-17-15(13-20)11-14(12-19-2)18(22)21(17)16-7-5-4-6-8-16/h11,16,19H,3-10,12-13H2,1-2H3. The number of nitrogens with one attached hydrogen (secondary N) is 1. The molecule has 0 saturated heterocycles. The van der Waals surface area contributed by atoms with Crippen molar-refractivity contribution in [1.82, 2.24) is 14.8 Å². The van der Waals surface area contributed by atoms with Crippen molar-refractivity contribution in [1.29, 1.82) is 0 Å². The molecular formula is C18H29N3O. The summed E-state index contributed by atoms with van der Waals surface area (Å²) in [6.07, 6.45) is 7.23. The fraction of sp³-hybridized carbons (Fsp3) is 0.722. The molecule has 4 nitrogen and oxygen atoms in total. The molecule has 1 aromatic rings. The van der Waals surface area contributed by atoms with Crippen LogP contribution in [0.5, 0.6) is 0 Å². The lowest BCUT2D eigenvalue weighted by Crippen LogP contribution is -2.39. The number of hydrogen-bond acceptors (Lipinski definition) is 3. The summed E-state index contributed by atoms with van der Waals surface area (Å²) in [4.78, 5) is 15.5. The maximum absolute atomic E-state index is 13.0. The van der Waals surface area contributed by atoms with Gasteiger partial charge in [-0.1, -0.05) is 26.2 Å². The zero-order valence-corrected chi connectivity index (χ0v) is 14.0. The first-order valence-electron chi connectivity index (χ1n) is 8.87. The number of rotatable bonds is 4. The molecule has 0 radical (unpaired) electrons. The minimum absolute atomic E-state index is 0.255. The monoisotopic (exact) mass is 303 g/mol. The smallest absolute Gasteiger partial charge is 0.255 e. The molecule has 1 fully saturated rings. The van der Waals surface area contributed by atoms with Gasteiger partial charge < -0.3 is 9.88 Å². The molecule has 3 rings (SSSR count). The summed E-state index contributed by atoms with van der Waals surface area (Å²) in [5.74, 6) is 0. The van der Waals surface area contributed by atoms with Gasteiger partial charge in [-0.15, -0.1) is 0 Å². The van der Waals surface area contributed by atoms with Crippen molar-refractivity contribution in [3.05, 3.63) is 33.2 Å². The Kier molecular flexibility index (Phi) is 4.99. The van der Waals surface area contributed by atoms with Crippen LogP contribution in [0.4, 0.5) is 0 Å². The molecule has 0 bridgehead atoms. The fourth-order valence-corrected chi connectivity index (χ4v) is 4.10. The SMILES string of the molecule is CCN1CCc2c(cc(CNC)c(=O)n2C2CCCCC2)C1. The lowest BCUT2D eigenvalue weighted by molar-refractivity contribution is 0.252. The molecule has 1 saturated carbocycles. The van der Waals surface area contributed by atoms with E-state index in [1.54, 1.807) is 0 Å².